The molecular formula is C15H18N2O2S2. The van der Waals surface area contributed by atoms with E-state index < -0.39 is 15.3 Å². The molecule has 1 aromatic carbocycles. The van der Waals surface area contributed by atoms with Gasteiger partial charge in [-0.25, -0.2) is 8.42 Å². The highest BCUT2D eigenvalue weighted by molar-refractivity contribution is 7.98. The van der Waals surface area contributed by atoms with E-state index in [4.69, 9.17) is 0 Å². The third-order valence-corrected chi connectivity index (χ3v) is 5.71. The zero-order valence-electron chi connectivity index (χ0n) is 12.0. The highest BCUT2D eigenvalue weighted by atomic mass is 32.2. The molecule has 0 amide bonds. The number of nitrogens with one attached hydrogen (secondary N) is 1. The van der Waals surface area contributed by atoms with Gasteiger partial charge in [0.2, 0.25) is 10.0 Å². The monoisotopic (exact) mass is 322 g/mol. The van der Waals surface area contributed by atoms with Gasteiger partial charge in [-0.2, -0.15) is 0 Å². The lowest BCUT2D eigenvalue weighted by Crippen LogP contribution is -2.22. The van der Waals surface area contributed by atoms with Crippen molar-refractivity contribution in [2.24, 2.45) is 0 Å². The maximum Gasteiger partial charge on any atom is 0.235 e. The lowest BCUT2D eigenvalue weighted by atomic mass is 10.3. The Morgan fingerprint density at radius 3 is 2.48 bits per heavy atom. The highest BCUT2D eigenvalue weighted by Crippen LogP contribution is 2.24. The molecule has 21 heavy (non-hydrogen) atoms. The summed E-state index contributed by atoms with van der Waals surface area (Å²) in [4.78, 5) is 5.17. The molecule has 2 aromatic rings. The van der Waals surface area contributed by atoms with Crippen molar-refractivity contribution in [1.29, 1.82) is 0 Å². The Hall–Kier alpha value is -1.53. The predicted octanol–water partition coefficient (Wildman–Crippen LogP) is 3.52. The quantitative estimate of drug-likeness (QED) is 0.827. The predicted molar refractivity (Wildman–Crippen MR) is 87.9 cm³/mol. The van der Waals surface area contributed by atoms with Crippen LogP contribution in [0, 0.1) is 0 Å². The number of anilines is 1. The minimum atomic E-state index is -3.28. The molecule has 0 aliphatic carbocycles. The van der Waals surface area contributed by atoms with Crippen LogP contribution in [0.2, 0.25) is 0 Å². The first kappa shape index (κ1) is 15.9. The number of thioether (sulfide) groups is 1. The van der Waals surface area contributed by atoms with Gasteiger partial charge in [0.1, 0.15) is 0 Å². The Balaban J connectivity index is 1.96. The van der Waals surface area contributed by atoms with Crippen LogP contribution in [0.1, 0.15) is 19.4 Å². The van der Waals surface area contributed by atoms with Crippen LogP contribution in [-0.4, -0.2) is 18.7 Å². The zero-order valence-corrected chi connectivity index (χ0v) is 13.6. The van der Waals surface area contributed by atoms with Gasteiger partial charge in [0.15, 0.2) is 0 Å². The number of pyridine rings is 1. The molecule has 0 unspecified atom stereocenters. The van der Waals surface area contributed by atoms with Crippen molar-refractivity contribution in [2.75, 3.05) is 4.72 Å². The van der Waals surface area contributed by atoms with Gasteiger partial charge >= 0.3 is 0 Å². The van der Waals surface area contributed by atoms with Crippen LogP contribution in [-0.2, 0) is 15.8 Å². The number of hydrogen-bond acceptors (Lipinski definition) is 4. The van der Waals surface area contributed by atoms with Gasteiger partial charge in [-0.3, -0.25) is 9.71 Å². The molecule has 0 saturated heterocycles. The molecule has 0 spiro atoms. The summed E-state index contributed by atoms with van der Waals surface area (Å²) in [5, 5.41) is -0.447. The van der Waals surface area contributed by atoms with Gasteiger partial charge in [-0.1, -0.05) is 6.07 Å². The molecule has 0 saturated carbocycles. The van der Waals surface area contributed by atoms with Crippen molar-refractivity contribution in [2.45, 2.75) is 29.7 Å². The van der Waals surface area contributed by atoms with Crippen molar-refractivity contribution in [3.05, 3.63) is 54.4 Å². The molecule has 0 atom stereocenters. The number of hydrogen-bond donors (Lipinski definition) is 1. The maximum absolute atomic E-state index is 11.8. The Labute approximate surface area is 130 Å². The number of sulfonamides is 1. The molecule has 1 heterocycles. The van der Waals surface area contributed by atoms with Crippen LogP contribution in [0.5, 0.6) is 0 Å². The van der Waals surface area contributed by atoms with Crippen LogP contribution in [0.15, 0.2) is 53.7 Å². The van der Waals surface area contributed by atoms with Crippen LogP contribution in [0.4, 0.5) is 5.69 Å². The minimum Gasteiger partial charge on any atom is -0.283 e. The molecule has 0 bridgehead atoms. The first-order valence-electron chi connectivity index (χ1n) is 6.61. The third kappa shape index (κ3) is 4.75. The Bertz CT molecular complexity index is 669. The number of nitrogens with zero attached hydrogens (tertiary/aromatic N) is 1. The summed E-state index contributed by atoms with van der Waals surface area (Å²) in [7, 11) is -3.28. The van der Waals surface area contributed by atoms with Crippen molar-refractivity contribution >= 4 is 27.5 Å². The Kier molecular flexibility index (Phi) is 5.25. The first-order valence-corrected chi connectivity index (χ1v) is 9.14. The molecule has 2 rings (SSSR count). The van der Waals surface area contributed by atoms with Crippen molar-refractivity contribution < 1.29 is 8.42 Å². The summed E-state index contributed by atoms with van der Waals surface area (Å²) in [6, 6.07) is 11.3. The molecule has 6 heteroatoms. The van der Waals surface area contributed by atoms with E-state index in [2.05, 4.69) is 9.71 Å². The van der Waals surface area contributed by atoms with E-state index >= 15 is 0 Å². The van der Waals surface area contributed by atoms with E-state index in [1.54, 1.807) is 43.9 Å². The Morgan fingerprint density at radius 1 is 1.19 bits per heavy atom. The van der Waals surface area contributed by atoms with Gasteiger partial charge in [0.25, 0.3) is 0 Å². The van der Waals surface area contributed by atoms with E-state index in [1.165, 1.54) is 0 Å². The summed E-state index contributed by atoms with van der Waals surface area (Å²) in [5.74, 6) is 0.838. The maximum atomic E-state index is 11.8. The van der Waals surface area contributed by atoms with Gasteiger partial charge in [-0.05, 0) is 49.7 Å². The molecule has 0 fully saturated rings. The fraction of sp³-hybridized carbons (Fsp3) is 0.267. The highest BCUT2D eigenvalue weighted by Gasteiger charge is 2.15. The second-order valence-corrected chi connectivity index (χ2v) is 8.16. The third-order valence-electron chi connectivity index (χ3n) is 2.86. The summed E-state index contributed by atoms with van der Waals surface area (Å²) in [6.45, 7) is 3.31. The van der Waals surface area contributed by atoms with Gasteiger partial charge < -0.3 is 0 Å². The summed E-state index contributed by atoms with van der Waals surface area (Å²) in [5.41, 5.74) is 1.75. The number of benzene rings is 1. The van der Waals surface area contributed by atoms with E-state index in [0.717, 1.165) is 16.2 Å². The van der Waals surface area contributed by atoms with Gasteiger partial charge in [0.05, 0.1) is 5.25 Å². The van der Waals surface area contributed by atoms with Gasteiger partial charge in [-0.15, -0.1) is 11.8 Å². The molecule has 0 aliphatic rings. The molecule has 112 valence electrons. The molecule has 1 N–H and O–H groups in total. The summed E-state index contributed by atoms with van der Waals surface area (Å²) < 4.78 is 26.1. The fourth-order valence-corrected chi connectivity index (χ4v) is 3.08. The zero-order chi connectivity index (χ0) is 15.3. The smallest absolute Gasteiger partial charge is 0.235 e. The van der Waals surface area contributed by atoms with E-state index in [0.29, 0.717) is 5.69 Å². The lowest BCUT2D eigenvalue weighted by Gasteiger charge is -2.11. The number of aromatic nitrogens is 1. The minimum absolute atomic E-state index is 0.447. The fourth-order valence-electron chi connectivity index (χ4n) is 1.55. The average Bonchev–Trinajstić information content (AvgIpc) is 2.47. The molecule has 0 aliphatic heterocycles. The van der Waals surface area contributed by atoms with E-state index in [-0.39, 0.29) is 0 Å². The van der Waals surface area contributed by atoms with Crippen LogP contribution < -0.4 is 4.72 Å². The molecule has 1 aromatic heterocycles. The Morgan fingerprint density at radius 2 is 1.90 bits per heavy atom. The topological polar surface area (TPSA) is 59.1 Å². The average molecular weight is 322 g/mol. The van der Waals surface area contributed by atoms with E-state index in [1.807, 2.05) is 30.5 Å². The van der Waals surface area contributed by atoms with Crippen molar-refractivity contribution in [3.63, 3.8) is 0 Å². The van der Waals surface area contributed by atoms with Gasteiger partial charge in [0, 0.05) is 28.7 Å². The molecule has 0 radical (unpaired) electrons. The standard InChI is InChI=1S/C15H18N2O2S2/c1-12(2)21(18,19)17-14-5-7-15(8-6-14)20-11-13-4-3-9-16-10-13/h3-10,12,17H,11H2,1-2H3. The molecule has 4 nitrogen and oxygen atoms in total. The number of rotatable bonds is 6. The largest absolute Gasteiger partial charge is 0.283 e. The second-order valence-electron chi connectivity index (χ2n) is 4.87. The summed E-state index contributed by atoms with van der Waals surface area (Å²) >= 11 is 1.69. The van der Waals surface area contributed by atoms with Crippen molar-refractivity contribution in [3.8, 4) is 0 Å². The van der Waals surface area contributed by atoms with E-state index in [9.17, 15) is 8.42 Å². The SMILES string of the molecule is CC(C)S(=O)(=O)Nc1ccc(SCc2cccnc2)cc1. The normalized spacial score (nSPS) is 11.6. The van der Waals surface area contributed by atoms with Crippen LogP contribution in [0.3, 0.4) is 0 Å². The summed E-state index contributed by atoms with van der Waals surface area (Å²) in [6.07, 6.45) is 3.60. The first-order chi connectivity index (χ1) is 9.97. The molecular weight excluding hydrogens is 304 g/mol. The van der Waals surface area contributed by atoms with Crippen molar-refractivity contribution in [1.82, 2.24) is 4.98 Å². The lowest BCUT2D eigenvalue weighted by molar-refractivity contribution is 0.593. The second kappa shape index (κ2) is 6.95. The van der Waals surface area contributed by atoms with Crippen LogP contribution in [0.25, 0.3) is 0 Å². The van der Waals surface area contributed by atoms with Crippen LogP contribution >= 0.6 is 11.8 Å².